The molecule has 6 nitrogen and oxygen atoms in total. The van der Waals surface area contributed by atoms with E-state index in [2.05, 4.69) is 42.2 Å². The average Bonchev–Trinajstić information content (AvgIpc) is 3.17. The molecule has 0 spiro atoms. The van der Waals surface area contributed by atoms with Gasteiger partial charge in [-0.1, -0.05) is 67.7 Å². The predicted octanol–water partition coefficient (Wildman–Crippen LogP) is 5.51. The van der Waals surface area contributed by atoms with Gasteiger partial charge in [-0.3, -0.25) is 19.1 Å². The maximum absolute atomic E-state index is 13.3. The van der Waals surface area contributed by atoms with Gasteiger partial charge in [0.25, 0.3) is 11.5 Å². The SMILES string of the molecule is CCCCN1C(=O)C(=Cc2c(C)c(C#N)c(=O)n(CC)c2N2CCC(Cc3ccccc3)CC2)SC1=S. The molecule has 0 unspecified atom stereocenters. The molecule has 3 heterocycles. The second-order valence-corrected chi connectivity index (χ2v) is 11.4. The highest BCUT2D eigenvalue weighted by atomic mass is 32.2. The van der Waals surface area contributed by atoms with Crippen LogP contribution in [0.25, 0.3) is 6.08 Å². The number of rotatable bonds is 8. The average molecular weight is 535 g/mol. The third-order valence-corrected chi connectivity index (χ3v) is 8.71. The molecule has 194 valence electrons. The summed E-state index contributed by atoms with van der Waals surface area (Å²) in [4.78, 5) is 31.0. The lowest BCUT2D eigenvalue weighted by Gasteiger charge is -2.36. The van der Waals surface area contributed by atoms with Crippen molar-refractivity contribution in [3.8, 4) is 6.07 Å². The summed E-state index contributed by atoms with van der Waals surface area (Å²) < 4.78 is 2.27. The molecular weight excluding hydrogens is 500 g/mol. The summed E-state index contributed by atoms with van der Waals surface area (Å²) >= 11 is 6.81. The van der Waals surface area contributed by atoms with Crippen LogP contribution in [0.4, 0.5) is 5.82 Å². The molecule has 2 aromatic rings. The lowest BCUT2D eigenvalue weighted by Crippen LogP contribution is -2.39. The lowest BCUT2D eigenvalue weighted by molar-refractivity contribution is -0.122. The van der Waals surface area contributed by atoms with Gasteiger partial charge in [0.05, 0.1) is 4.91 Å². The fourth-order valence-electron chi connectivity index (χ4n) is 5.21. The van der Waals surface area contributed by atoms with Crippen molar-refractivity contribution < 1.29 is 4.79 Å². The number of nitrogens with zero attached hydrogens (tertiary/aromatic N) is 4. The molecule has 1 amide bonds. The minimum Gasteiger partial charge on any atom is -0.357 e. The largest absolute Gasteiger partial charge is 0.357 e. The number of pyridine rings is 1. The summed E-state index contributed by atoms with van der Waals surface area (Å²) in [5.41, 5.74) is 2.62. The zero-order valence-electron chi connectivity index (χ0n) is 21.8. The van der Waals surface area contributed by atoms with Gasteiger partial charge in [0.15, 0.2) is 0 Å². The predicted molar refractivity (Wildman–Crippen MR) is 156 cm³/mol. The maximum atomic E-state index is 13.3. The van der Waals surface area contributed by atoms with Crippen LogP contribution in [0, 0.1) is 24.2 Å². The summed E-state index contributed by atoms with van der Waals surface area (Å²) in [6, 6.07) is 12.7. The summed E-state index contributed by atoms with van der Waals surface area (Å²) in [5.74, 6) is 1.29. The van der Waals surface area contributed by atoms with E-state index in [-0.39, 0.29) is 17.0 Å². The number of anilines is 1. The highest BCUT2D eigenvalue weighted by Crippen LogP contribution is 2.37. The number of amides is 1. The smallest absolute Gasteiger partial charge is 0.270 e. The van der Waals surface area contributed by atoms with E-state index in [1.807, 2.05) is 26.0 Å². The van der Waals surface area contributed by atoms with E-state index < -0.39 is 0 Å². The Balaban J connectivity index is 1.70. The van der Waals surface area contributed by atoms with Crippen LogP contribution >= 0.6 is 24.0 Å². The van der Waals surface area contributed by atoms with Gasteiger partial charge in [0.1, 0.15) is 21.8 Å². The Morgan fingerprint density at radius 3 is 2.49 bits per heavy atom. The minimum absolute atomic E-state index is 0.0943. The number of carbonyl (C=O) groups is 1. The van der Waals surface area contributed by atoms with E-state index in [0.29, 0.717) is 33.8 Å². The first-order valence-electron chi connectivity index (χ1n) is 13.1. The Bertz CT molecular complexity index is 1300. The van der Waals surface area contributed by atoms with Crippen molar-refractivity contribution in [3.05, 3.63) is 67.8 Å². The molecular formula is C29H34N4O2S2. The first-order valence-corrected chi connectivity index (χ1v) is 14.3. The minimum atomic E-state index is -0.267. The molecule has 1 aromatic carbocycles. The number of hydrogen-bond donors (Lipinski definition) is 0. The third-order valence-electron chi connectivity index (χ3n) is 7.33. The molecule has 0 radical (unpaired) electrons. The number of nitriles is 1. The normalized spacial score (nSPS) is 17.6. The standard InChI is InChI=1S/C29H34N4O2S2/c1-4-6-14-33-28(35)25(37-29(33)36)18-23-20(3)24(19-30)27(34)32(5-2)26(23)31-15-12-22(13-16-31)17-21-10-8-7-9-11-21/h7-11,18,22H,4-6,12-17H2,1-3H3. The number of hydrogen-bond acceptors (Lipinski definition) is 6. The molecule has 1 aromatic heterocycles. The van der Waals surface area contributed by atoms with E-state index in [1.54, 1.807) is 9.47 Å². The zero-order chi connectivity index (χ0) is 26.5. The number of aromatic nitrogens is 1. The third kappa shape index (κ3) is 5.68. The Morgan fingerprint density at radius 1 is 1.16 bits per heavy atom. The number of thiocarbonyl (C=S) groups is 1. The highest BCUT2D eigenvalue weighted by molar-refractivity contribution is 8.26. The van der Waals surface area contributed by atoms with Crippen molar-refractivity contribution in [2.45, 2.75) is 59.4 Å². The summed E-state index contributed by atoms with van der Waals surface area (Å²) in [6.45, 7) is 8.53. The molecule has 2 aliphatic rings. The Hall–Kier alpha value is -2.89. The van der Waals surface area contributed by atoms with Crippen molar-refractivity contribution >= 4 is 46.1 Å². The molecule has 0 aliphatic carbocycles. The summed E-state index contributed by atoms with van der Waals surface area (Å²) in [6.07, 6.45) is 6.82. The first-order chi connectivity index (χ1) is 17.9. The van der Waals surface area contributed by atoms with Crippen molar-refractivity contribution in [3.63, 3.8) is 0 Å². The van der Waals surface area contributed by atoms with E-state index in [0.717, 1.165) is 56.6 Å². The van der Waals surface area contributed by atoms with Gasteiger partial charge in [0.2, 0.25) is 0 Å². The zero-order valence-corrected chi connectivity index (χ0v) is 23.5. The topological polar surface area (TPSA) is 69.3 Å². The van der Waals surface area contributed by atoms with Crippen molar-refractivity contribution in [2.75, 3.05) is 24.5 Å². The number of carbonyl (C=O) groups excluding carboxylic acids is 1. The molecule has 2 aliphatic heterocycles. The van der Waals surface area contributed by atoms with E-state index in [1.165, 1.54) is 17.3 Å². The molecule has 37 heavy (non-hydrogen) atoms. The van der Waals surface area contributed by atoms with Crippen LogP contribution < -0.4 is 10.5 Å². The lowest BCUT2D eigenvalue weighted by atomic mass is 9.90. The van der Waals surface area contributed by atoms with Crippen LogP contribution in [0.5, 0.6) is 0 Å². The van der Waals surface area contributed by atoms with Crippen LogP contribution in [-0.4, -0.2) is 39.3 Å². The Morgan fingerprint density at radius 2 is 1.86 bits per heavy atom. The molecule has 0 N–H and O–H groups in total. The van der Waals surface area contributed by atoms with Crippen molar-refractivity contribution in [1.82, 2.24) is 9.47 Å². The van der Waals surface area contributed by atoms with Crippen LogP contribution in [0.1, 0.15) is 61.8 Å². The molecule has 0 bridgehead atoms. The van der Waals surface area contributed by atoms with Crippen LogP contribution in [0.15, 0.2) is 40.0 Å². The van der Waals surface area contributed by atoms with E-state index in [9.17, 15) is 14.9 Å². The molecule has 2 saturated heterocycles. The monoisotopic (exact) mass is 534 g/mol. The van der Waals surface area contributed by atoms with Gasteiger partial charge in [-0.05, 0) is 62.7 Å². The van der Waals surface area contributed by atoms with Crippen LogP contribution in [-0.2, 0) is 17.8 Å². The second-order valence-electron chi connectivity index (χ2n) is 9.71. The number of unbranched alkanes of at least 4 members (excludes halogenated alkanes) is 1. The number of thioether (sulfide) groups is 1. The molecule has 8 heteroatoms. The van der Waals surface area contributed by atoms with Gasteiger partial charge in [-0.15, -0.1) is 0 Å². The van der Waals surface area contributed by atoms with Gasteiger partial charge in [0, 0.05) is 31.7 Å². The molecule has 0 saturated carbocycles. The van der Waals surface area contributed by atoms with E-state index >= 15 is 0 Å². The summed E-state index contributed by atoms with van der Waals surface area (Å²) in [7, 11) is 0. The highest BCUT2D eigenvalue weighted by Gasteiger charge is 2.33. The fraction of sp³-hybridized carbons (Fsp3) is 0.448. The number of benzene rings is 1. The van der Waals surface area contributed by atoms with Crippen LogP contribution in [0.3, 0.4) is 0 Å². The quantitative estimate of drug-likeness (QED) is 0.329. The van der Waals surface area contributed by atoms with Crippen LogP contribution in [0.2, 0.25) is 0 Å². The molecule has 0 atom stereocenters. The molecule has 2 fully saturated rings. The van der Waals surface area contributed by atoms with Crippen molar-refractivity contribution in [2.24, 2.45) is 5.92 Å². The second kappa shape index (κ2) is 12.1. The Labute approximate surface area is 229 Å². The van der Waals surface area contributed by atoms with Gasteiger partial charge in [-0.2, -0.15) is 5.26 Å². The van der Waals surface area contributed by atoms with Gasteiger partial charge < -0.3 is 4.90 Å². The maximum Gasteiger partial charge on any atom is 0.270 e. The fourth-order valence-corrected chi connectivity index (χ4v) is 6.50. The first kappa shape index (κ1) is 27.2. The summed E-state index contributed by atoms with van der Waals surface area (Å²) in [5, 5.41) is 9.82. The van der Waals surface area contributed by atoms with Crippen molar-refractivity contribution in [1.29, 1.82) is 5.26 Å². The Kier molecular flexibility index (Phi) is 8.88. The van der Waals surface area contributed by atoms with E-state index in [4.69, 9.17) is 12.2 Å². The number of piperidine rings is 1. The van der Waals surface area contributed by atoms with Gasteiger partial charge >= 0.3 is 0 Å². The molecule has 4 rings (SSSR count). The van der Waals surface area contributed by atoms with Gasteiger partial charge in [-0.25, -0.2) is 0 Å².